The van der Waals surface area contributed by atoms with Crippen LogP contribution in [0.5, 0.6) is 0 Å². The summed E-state index contributed by atoms with van der Waals surface area (Å²) in [5.41, 5.74) is 6.66. The topological polar surface area (TPSA) is 84.5 Å². The van der Waals surface area contributed by atoms with Crippen molar-refractivity contribution in [2.24, 2.45) is 10.8 Å². The average molecular weight is 197 g/mol. The molecule has 0 saturated carbocycles. The van der Waals surface area contributed by atoms with Gasteiger partial charge in [-0.25, -0.2) is 5.43 Å². The molecule has 0 unspecified atom stereocenters. The molecule has 13 heavy (non-hydrogen) atoms. The zero-order valence-corrected chi connectivity index (χ0v) is 7.38. The largest absolute Gasteiger partial charge is 0.361 e. The van der Waals surface area contributed by atoms with Crippen molar-refractivity contribution in [3.8, 4) is 0 Å². The summed E-state index contributed by atoms with van der Waals surface area (Å²) in [5, 5.41) is 5.39. The van der Waals surface area contributed by atoms with Gasteiger partial charge in [-0.1, -0.05) is 6.07 Å². The van der Waals surface area contributed by atoms with E-state index in [2.05, 4.69) is 10.8 Å². The molecular weight excluding hydrogens is 190 g/mol. The quantitative estimate of drug-likeness (QED) is 0.387. The van der Waals surface area contributed by atoms with Crippen LogP contribution in [0.15, 0.2) is 22.6 Å². The molecule has 0 atom stereocenters. The molecule has 0 aliphatic carbocycles. The van der Waals surface area contributed by atoms with Crippen molar-refractivity contribution in [3.63, 3.8) is 0 Å². The number of hydrogen-bond acceptors (Lipinski definition) is 4. The number of nitrogens with one attached hydrogen (secondary N) is 1. The van der Waals surface area contributed by atoms with Crippen molar-refractivity contribution >= 4 is 29.4 Å². The third kappa shape index (κ3) is 3.04. The highest BCUT2D eigenvalue weighted by Gasteiger charge is 2.04. The number of carbonyl (C=O) groups excluding carboxylic acids is 2. The Morgan fingerprint density at radius 2 is 2.38 bits per heavy atom. The number of hydrogen-bond donors (Lipinski definition) is 2. The maximum atomic E-state index is 10.6. The maximum Gasteiger partial charge on any atom is 0.329 e. The highest BCUT2D eigenvalue weighted by atomic mass is 32.1. The molecule has 68 valence electrons. The van der Waals surface area contributed by atoms with Crippen LogP contribution in [0, 0.1) is 0 Å². The van der Waals surface area contributed by atoms with Crippen molar-refractivity contribution < 1.29 is 9.59 Å². The Labute approximate surface area is 78.2 Å². The fraction of sp³-hybridized carbons (Fsp3) is 0. The van der Waals surface area contributed by atoms with E-state index in [1.165, 1.54) is 17.6 Å². The lowest BCUT2D eigenvalue weighted by atomic mass is 10.5. The van der Waals surface area contributed by atoms with Crippen LogP contribution < -0.4 is 11.2 Å². The summed E-state index contributed by atoms with van der Waals surface area (Å²) in [4.78, 5) is 21.7. The molecule has 0 fully saturated rings. The first kappa shape index (κ1) is 9.40. The summed E-state index contributed by atoms with van der Waals surface area (Å²) in [6.45, 7) is 0. The van der Waals surface area contributed by atoms with Gasteiger partial charge in [0.25, 0.3) is 0 Å². The third-order valence-electron chi connectivity index (χ3n) is 1.12. The average Bonchev–Trinajstić information content (AvgIpc) is 2.56. The number of hydrazone groups is 1. The second kappa shape index (κ2) is 4.36. The number of nitrogens with zero attached hydrogens (tertiary/aromatic N) is 1. The second-order valence-electron chi connectivity index (χ2n) is 2.08. The van der Waals surface area contributed by atoms with Gasteiger partial charge in [-0.3, -0.25) is 9.59 Å². The van der Waals surface area contributed by atoms with Gasteiger partial charge >= 0.3 is 11.8 Å². The van der Waals surface area contributed by atoms with Gasteiger partial charge in [-0.05, 0) is 11.4 Å². The number of primary amides is 1. The Balaban J connectivity index is 2.43. The Morgan fingerprint density at radius 1 is 1.62 bits per heavy atom. The molecule has 1 heterocycles. The Morgan fingerprint density at radius 3 is 2.92 bits per heavy atom. The highest BCUT2D eigenvalue weighted by Crippen LogP contribution is 2.03. The van der Waals surface area contributed by atoms with Gasteiger partial charge in [0.1, 0.15) is 0 Å². The maximum absolute atomic E-state index is 10.6. The Bertz CT molecular complexity index is 332. The van der Waals surface area contributed by atoms with Crippen LogP contribution in [-0.2, 0) is 9.59 Å². The number of carbonyl (C=O) groups is 2. The van der Waals surface area contributed by atoms with E-state index in [0.717, 1.165) is 4.88 Å². The monoisotopic (exact) mass is 197 g/mol. The zero-order valence-electron chi connectivity index (χ0n) is 6.56. The molecule has 0 bridgehead atoms. The van der Waals surface area contributed by atoms with E-state index in [1.807, 2.05) is 22.9 Å². The van der Waals surface area contributed by atoms with Gasteiger partial charge < -0.3 is 5.73 Å². The summed E-state index contributed by atoms with van der Waals surface area (Å²) in [7, 11) is 0. The highest BCUT2D eigenvalue weighted by molar-refractivity contribution is 7.11. The van der Waals surface area contributed by atoms with Crippen LogP contribution in [0.3, 0.4) is 0 Å². The smallest absolute Gasteiger partial charge is 0.329 e. The van der Waals surface area contributed by atoms with Gasteiger partial charge in [0.15, 0.2) is 0 Å². The van der Waals surface area contributed by atoms with Gasteiger partial charge in [0.2, 0.25) is 0 Å². The molecule has 1 aromatic heterocycles. The molecule has 2 amide bonds. The van der Waals surface area contributed by atoms with Crippen LogP contribution in [-0.4, -0.2) is 18.0 Å². The molecule has 0 aliphatic rings. The SMILES string of the molecule is NC(=O)C(=O)N/N=C/c1cccs1. The van der Waals surface area contributed by atoms with Crippen molar-refractivity contribution in [3.05, 3.63) is 22.4 Å². The Kier molecular flexibility index (Phi) is 3.15. The molecule has 1 rings (SSSR count). The minimum absolute atomic E-state index is 0.879. The molecule has 0 spiro atoms. The van der Waals surface area contributed by atoms with E-state index < -0.39 is 11.8 Å². The van der Waals surface area contributed by atoms with Crippen LogP contribution in [0.2, 0.25) is 0 Å². The van der Waals surface area contributed by atoms with E-state index in [0.29, 0.717) is 0 Å². The third-order valence-corrected chi connectivity index (χ3v) is 1.93. The predicted octanol–water partition coefficient (Wildman–Crippen LogP) is -0.316. The molecule has 0 saturated heterocycles. The number of rotatable bonds is 2. The fourth-order valence-corrected chi connectivity index (χ4v) is 1.16. The molecule has 0 aromatic carbocycles. The summed E-state index contributed by atoms with van der Waals surface area (Å²) in [5.74, 6) is -1.98. The zero-order chi connectivity index (χ0) is 9.68. The molecule has 3 N–H and O–H groups in total. The molecule has 6 heteroatoms. The molecule has 0 radical (unpaired) electrons. The van der Waals surface area contributed by atoms with E-state index in [4.69, 9.17) is 0 Å². The molecule has 5 nitrogen and oxygen atoms in total. The summed E-state index contributed by atoms with van der Waals surface area (Å²) >= 11 is 1.47. The Hall–Kier alpha value is -1.69. The number of nitrogens with two attached hydrogens (primary N) is 1. The van der Waals surface area contributed by atoms with Crippen molar-refractivity contribution in [2.45, 2.75) is 0 Å². The minimum atomic E-state index is -1.05. The van der Waals surface area contributed by atoms with Gasteiger partial charge in [-0.15, -0.1) is 11.3 Å². The van der Waals surface area contributed by atoms with Crippen molar-refractivity contribution in [1.29, 1.82) is 0 Å². The normalized spacial score (nSPS) is 10.2. The lowest BCUT2D eigenvalue weighted by Gasteiger charge is -1.91. The van der Waals surface area contributed by atoms with Gasteiger partial charge in [0.05, 0.1) is 6.21 Å². The van der Waals surface area contributed by atoms with Crippen LogP contribution in [0.1, 0.15) is 4.88 Å². The number of thiophene rings is 1. The number of amides is 2. The van der Waals surface area contributed by atoms with E-state index in [1.54, 1.807) is 0 Å². The van der Waals surface area contributed by atoms with Crippen LogP contribution in [0.25, 0.3) is 0 Å². The minimum Gasteiger partial charge on any atom is -0.361 e. The first-order chi connectivity index (χ1) is 6.20. The molecule has 1 aromatic rings. The molecular formula is C7H7N3O2S. The second-order valence-corrected chi connectivity index (χ2v) is 3.06. The fourth-order valence-electron chi connectivity index (χ4n) is 0.574. The van der Waals surface area contributed by atoms with Gasteiger partial charge in [0, 0.05) is 4.88 Å². The summed E-state index contributed by atoms with van der Waals surface area (Å²) < 4.78 is 0. The standard InChI is InChI=1S/C7H7N3O2S/c8-6(11)7(12)10-9-4-5-2-1-3-13-5/h1-4H,(H2,8,11)(H,10,12)/b9-4+. The predicted molar refractivity (Wildman–Crippen MR) is 49.3 cm³/mol. The van der Waals surface area contributed by atoms with Crippen LogP contribution in [0.4, 0.5) is 0 Å². The molecule has 0 aliphatic heterocycles. The lowest BCUT2D eigenvalue weighted by Crippen LogP contribution is -2.32. The van der Waals surface area contributed by atoms with Crippen molar-refractivity contribution in [1.82, 2.24) is 5.43 Å². The first-order valence-corrected chi connectivity index (χ1v) is 4.24. The summed E-state index contributed by atoms with van der Waals surface area (Å²) in [6.07, 6.45) is 1.44. The van der Waals surface area contributed by atoms with E-state index in [9.17, 15) is 9.59 Å². The van der Waals surface area contributed by atoms with E-state index in [-0.39, 0.29) is 0 Å². The van der Waals surface area contributed by atoms with Gasteiger partial charge in [-0.2, -0.15) is 5.10 Å². The van der Waals surface area contributed by atoms with E-state index >= 15 is 0 Å². The van der Waals surface area contributed by atoms with Crippen molar-refractivity contribution in [2.75, 3.05) is 0 Å². The lowest BCUT2D eigenvalue weighted by molar-refractivity contribution is -0.137. The van der Waals surface area contributed by atoms with Crippen LogP contribution >= 0.6 is 11.3 Å². The summed E-state index contributed by atoms with van der Waals surface area (Å²) in [6, 6.07) is 3.67. The first-order valence-electron chi connectivity index (χ1n) is 3.36.